The molecule has 0 spiro atoms. The van der Waals surface area contributed by atoms with Crippen molar-refractivity contribution in [3.8, 4) is 17.4 Å². The van der Waals surface area contributed by atoms with Crippen LogP contribution in [-0.2, 0) is 0 Å². The molecule has 4 heteroatoms. The summed E-state index contributed by atoms with van der Waals surface area (Å²) < 4.78 is 5.33. The van der Waals surface area contributed by atoms with Crippen molar-refractivity contribution in [3.05, 3.63) is 48.2 Å². The third-order valence-electron chi connectivity index (χ3n) is 2.80. The SMILES string of the molecule is N#Cc1ccc2cccc(-c3cnc(N)o3)c2c1. The molecule has 0 aliphatic carbocycles. The molecule has 3 aromatic rings. The van der Waals surface area contributed by atoms with Crippen molar-refractivity contribution < 1.29 is 4.42 Å². The predicted octanol–water partition coefficient (Wildman–Crippen LogP) is 2.95. The van der Waals surface area contributed by atoms with Crippen molar-refractivity contribution in [2.45, 2.75) is 0 Å². The molecule has 3 rings (SSSR count). The normalized spacial score (nSPS) is 10.4. The fraction of sp³-hybridized carbons (Fsp3) is 0. The van der Waals surface area contributed by atoms with Crippen LogP contribution in [0.5, 0.6) is 0 Å². The Balaban J connectivity index is 2.32. The van der Waals surface area contributed by atoms with Crippen molar-refractivity contribution in [1.29, 1.82) is 5.26 Å². The topological polar surface area (TPSA) is 75.8 Å². The number of nitrogens with two attached hydrogens (primary N) is 1. The molecule has 0 saturated carbocycles. The molecule has 2 N–H and O–H groups in total. The lowest BCUT2D eigenvalue weighted by Crippen LogP contribution is -1.82. The number of aromatic nitrogens is 1. The second kappa shape index (κ2) is 3.90. The zero-order chi connectivity index (χ0) is 12.5. The number of anilines is 1. The second-order valence-electron chi connectivity index (χ2n) is 3.92. The number of hydrogen-bond donors (Lipinski definition) is 1. The standard InChI is InChI=1S/C14H9N3O/c15-7-9-4-5-10-2-1-3-11(12(10)6-9)13-8-17-14(16)18-13/h1-6,8H,(H2,16,17). The summed E-state index contributed by atoms with van der Waals surface area (Å²) in [5.74, 6) is 0.605. The van der Waals surface area contributed by atoms with Gasteiger partial charge in [0, 0.05) is 5.56 Å². The van der Waals surface area contributed by atoms with Gasteiger partial charge < -0.3 is 10.2 Å². The lowest BCUT2D eigenvalue weighted by molar-refractivity contribution is 0.595. The monoisotopic (exact) mass is 235 g/mol. The lowest BCUT2D eigenvalue weighted by atomic mass is 10.0. The third kappa shape index (κ3) is 1.59. The molecule has 0 bridgehead atoms. The van der Waals surface area contributed by atoms with Crippen molar-refractivity contribution >= 4 is 16.8 Å². The van der Waals surface area contributed by atoms with E-state index in [9.17, 15) is 0 Å². The molecule has 0 saturated heterocycles. The minimum Gasteiger partial charge on any atom is -0.424 e. The van der Waals surface area contributed by atoms with E-state index in [1.807, 2.05) is 30.3 Å². The molecule has 0 unspecified atom stereocenters. The molecule has 0 aliphatic rings. The summed E-state index contributed by atoms with van der Waals surface area (Å²) in [6.07, 6.45) is 1.59. The van der Waals surface area contributed by atoms with Crippen LogP contribution < -0.4 is 5.73 Å². The maximum absolute atomic E-state index is 8.96. The van der Waals surface area contributed by atoms with Crippen molar-refractivity contribution in [1.82, 2.24) is 4.98 Å². The molecule has 86 valence electrons. The van der Waals surface area contributed by atoms with Crippen LogP contribution in [0.15, 0.2) is 47.0 Å². The fourth-order valence-electron chi connectivity index (χ4n) is 1.97. The zero-order valence-electron chi connectivity index (χ0n) is 9.42. The quantitative estimate of drug-likeness (QED) is 0.703. The van der Waals surface area contributed by atoms with Gasteiger partial charge in [0.2, 0.25) is 0 Å². The summed E-state index contributed by atoms with van der Waals surface area (Å²) in [6, 6.07) is 13.7. The van der Waals surface area contributed by atoms with Crippen LogP contribution in [-0.4, -0.2) is 4.98 Å². The summed E-state index contributed by atoms with van der Waals surface area (Å²) in [6.45, 7) is 0. The van der Waals surface area contributed by atoms with Crippen LogP contribution in [0.1, 0.15) is 5.56 Å². The fourth-order valence-corrected chi connectivity index (χ4v) is 1.97. The highest BCUT2D eigenvalue weighted by Gasteiger charge is 2.08. The lowest BCUT2D eigenvalue weighted by Gasteiger charge is -2.03. The molecule has 0 aliphatic heterocycles. The Morgan fingerprint density at radius 3 is 2.83 bits per heavy atom. The molecular formula is C14H9N3O. The molecule has 0 fully saturated rings. The molecule has 2 aromatic carbocycles. The molecule has 1 aromatic heterocycles. The van der Waals surface area contributed by atoms with Crippen LogP contribution in [0.4, 0.5) is 6.01 Å². The number of benzene rings is 2. The van der Waals surface area contributed by atoms with E-state index in [4.69, 9.17) is 15.4 Å². The number of nitrogen functional groups attached to an aromatic ring is 1. The number of nitriles is 1. The summed E-state index contributed by atoms with van der Waals surface area (Å²) >= 11 is 0. The van der Waals surface area contributed by atoms with E-state index < -0.39 is 0 Å². The Morgan fingerprint density at radius 2 is 2.11 bits per heavy atom. The van der Waals surface area contributed by atoms with Crippen LogP contribution >= 0.6 is 0 Å². The number of hydrogen-bond acceptors (Lipinski definition) is 4. The van der Waals surface area contributed by atoms with E-state index in [0.717, 1.165) is 16.3 Å². The van der Waals surface area contributed by atoms with Gasteiger partial charge in [-0.3, -0.25) is 0 Å². The maximum Gasteiger partial charge on any atom is 0.292 e. The molecular weight excluding hydrogens is 226 g/mol. The largest absolute Gasteiger partial charge is 0.424 e. The van der Waals surface area contributed by atoms with Gasteiger partial charge in [-0.1, -0.05) is 24.3 Å². The van der Waals surface area contributed by atoms with E-state index in [-0.39, 0.29) is 6.01 Å². The summed E-state index contributed by atoms with van der Waals surface area (Å²) in [4.78, 5) is 3.89. The van der Waals surface area contributed by atoms with Crippen molar-refractivity contribution in [2.24, 2.45) is 0 Å². The maximum atomic E-state index is 8.96. The number of nitrogens with zero attached hydrogens (tertiary/aromatic N) is 2. The second-order valence-corrected chi connectivity index (χ2v) is 3.92. The van der Waals surface area contributed by atoms with Gasteiger partial charge in [0.25, 0.3) is 6.01 Å². The number of fused-ring (bicyclic) bond motifs is 1. The molecule has 4 nitrogen and oxygen atoms in total. The highest BCUT2D eigenvalue weighted by molar-refractivity contribution is 5.96. The van der Waals surface area contributed by atoms with Gasteiger partial charge in [0.05, 0.1) is 17.8 Å². The van der Waals surface area contributed by atoms with E-state index in [2.05, 4.69) is 11.1 Å². The Morgan fingerprint density at radius 1 is 1.22 bits per heavy atom. The zero-order valence-corrected chi connectivity index (χ0v) is 9.42. The third-order valence-corrected chi connectivity index (χ3v) is 2.80. The van der Waals surface area contributed by atoms with E-state index >= 15 is 0 Å². The van der Waals surface area contributed by atoms with Crippen LogP contribution in [0, 0.1) is 11.3 Å². The average molecular weight is 235 g/mol. The molecule has 0 radical (unpaired) electrons. The van der Waals surface area contributed by atoms with Crippen molar-refractivity contribution in [3.63, 3.8) is 0 Å². The minimum absolute atomic E-state index is 0.137. The van der Waals surface area contributed by atoms with Crippen LogP contribution in [0.25, 0.3) is 22.1 Å². The van der Waals surface area contributed by atoms with E-state index in [1.165, 1.54) is 0 Å². The molecule has 18 heavy (non-hydrogen) atoms. The van der Waals surface area contributed by atoms with Gasteiger partial charge >= 0.3 is 0 Å². The Hall–Kier alpha value is -2.80. The first-order valence-electron chi connectivity index (χ1n) is 5.42. The molecule has 0 atom stereocenters. The van der Waals surface area contributed by atoms with Gasteiger partial charge in [-0.2, -0.15) is 5.26 Å². The Kier molecular flexibility index (Phi) is 2.24. The number of oxazole rings is 1. The number of rotatable bonds is 1. The molecule has 1 heterocycles. The van der Waals surface area contributed by atoms with Crippen molar-refractivity contribution in [2.75, 3.05) is 5.73 Å². The minimum atomic E-state index is 0.137. The first-order valence-corrected chi connectivity index (χ1v) is 5.42. The highest BCUT2D eigenvalue weighted by Crippen LogP contribution is 2.30. The van der Waals surface area contributed by atoms with Gasteiger partial charge in [0.1, 0.15) is 0 Å². The van der Waals surface area contributed by atoms with Crippen LogP contribution in [0.3, 0.4) is 0 Å². The Labute approximate surface area is 103 Å². The first kappa shape index (κ1) is 10.4. The van der Waals surface area contributed by atoms with E-state index in [1.54, 1.807) is 12.3 Å². The van der Waals surface area contributed by atoms with Crippen LogP contribution in [0.2, 0.25) is 0 Å². The summed E-state index contributed by atoms with van der Waals surface area (Å²) in [5.41, 5.74) is 6.98. The van der Waals surface area contributed by atoms with Gasteiger partial charge in [-0.25, -0.2) is 4.98 Å². The van der Waals surface area contributed by atoms with Gasteiger partial charge in [-0.15, -0.1) is 0 Å². The Bertz CT molecular complexity index is 768. The summed E-state index contributed by atoms with van der Waals surface area (Å²) in [7, 11) is 0. The van der Waals surface area contributed by atoms with Gasteiger partial charge in [0.15, 0.2) is 5.76 Å². The summed E-state index contributed by atoms with van der Waals surface area (Å²) in [5, 5.41) is 11.0. The molecule has 0 amide bonds. The first-order chi connectivity index (χ1) is 8.78. The average Bonchev–Trinajstić information content (AvgIpc) is 2.84. The van der Waals surface area contributed by atoms with Gasteiger partial charge in [-0.05, 0) is 22.9 Å². The highest BCUT2D eigenvalue weighted by atomic mass is 16.4. The smallest absolute Gasteiger partial charge is 0.292 e. The predicted molar refractivity (Wildman–Crippen MR) is 68.6 cm³/mol. The van der Waals surface area contributed by atoms with E-state index in [0.29, 0.717) is 11.3 Å².